The van der Waals surface area contributed by atoms with Crippen LogP contribution in [0.15, 0.2) is 11.4 Å². The molecule has 0 saturated carbocycles. The topological polar surface area (TPSA) is 74.2 Å². The van der Waals surface area contributed by atoms with Crippen LogP contribution in [0.2, 0.25) is 0 Å². The Kier molecular flexibility index (Phi) is 6.47. The van der Waals surface area contributed by atoms with Crippen molar-refractivity contribution in [3.8, 4) is 0 Å². The van der Waals surface area contributed by atoms with Gasteiger partial charge in [0.1, 0.15) is 11.3 Å². The first-order valence-electron chi connectivity index (χ1n) is 6.71. The van der Waals surface area contributed by atoms with Gasteiger partial charge < -0.3 is 15.5 Å². The van der Waals surface area contributed by atoms with Gasteiger partial charge >= 0.3 is 12.3 Å². The normalized spacial score (nSPS) is 14.0. The zero-order valence-electron chi connectivity index (χ0n) is 13.7. The predicted molar refractivity (Wildman–Crippen MR) is 78.7 cm³/mol. The van der Waals surface area contributed by atoms with Crippen molar-refractivity contribution in [2.75, 3.05) is 6.54 Å². The number of hydrogen-bond acceptors (Lipinski definition) is 4. The van der Waals surface area contributed by atoms with Crippen LogP contribution in [0.25, 0.3) is 0 Å². The van der Waals surface area contributed by atoms with Crippen LogP contribution in [0.1, 0.15) is 41.5 Å². The Balaban J connectivity index is 5.35. The SMILES string of the molecule is CC(C)(C)CN/C(=C(\C=N)NC(=O)OC(C)(C)C)C(F)(F)F. The summed E-state index contributed by atoms with van der Waals surface area (Å²) < 4.78 is 44.2. The van der Waals surface area contributed by atoms with Crippen molar-refractivity contribution in [1.82, 2.24) is 10.6 Å². The Bertz CT molecular complexity index is 444. The molecule has 0 aliphatic carbocycles. The molecule has 0 aromatic carbocycles. The number of hydrogen-bond donors (Lipinski definition) is 3. The lowest BCUT2D eigenvalue weighted by Crippen LogP contribution is -2.39. The third-order valence-electron chi connectivity index (χ3n) is 2.13. The van der Waals surface area contributed by atoms with Crippen LogP contribution < -0.4 is 10.6 Å². The molecule has 128 valence electrons. The predicted octanol–water partition coefficient (Wildman–Crippen LogP) is 3.57. The highest BCUT2D eigenvalue weighted by Crippen LogP contribution is 2.26. The van der Waals surface area contributed by atoms with E-state index < -0.39 is 34.7 Å². The first-order chi connectivity index (χ1) is 9.65. The monoisotopic (exact) mass is 323 g/mol. The number of alkyl carbamates (subject to hydrolysis) is 1. The second-order valence-electron chi connectivity index (χ2n) is 6.97. The Morgan fingerprint density at radius 3 is 1.95 bits per heavy atom. The molecule has 0 bridgehead atoms. The molecule has 5 nitrogen and oxygen atoms in total. The molecule has 1 amide bonds. The number of rotatable bonds is 4. The number of ether oxygens (including phenoxy) is 1. The second-order valence-corrected chi connectivity index (χ2v) is 6.97. The number of allylic oxidation sites excluding steroid dienone is 2. The van der Waals surface area contributed by atoms with Crippen molar-refractivity contribution in [2.45, 2.75) is 53.3 Å². The fourth-order valence-electron chi connectivity index (χ4n) is 1.29. The zero-order chi connectivity index (χ0) is 17.8. The van der Waals surface area contributed by atoms with E-state index in [4.69, 9.17) is 10.1 Å². The van der Waals surface area contributed by atoms with Crippen LogP contribution in [0.5, 0.6) is 0 Å². The molecule has 0 saturated heterocycles. The summed E-state index contributed by atoms with van der Waals surface area (Å²) in [5.74, 6) is 0. The fraction of sp³-hybridized carbons (Fsp3) is 0.714. The van der Waals surface area contributed by atoms with Gasteiger partial charge in [-0.25, -0.2) is 4.79 Å². The smallest absolute Gasteiger partial charge is 0.433 e. The molecule has 0 radical (unpaired) electrons. The second kappa shape index (κ2) is 7.02. The highest BCUT2D eigenvalue weighted by molar-refractivity contribution is 5.84. The van der Waals surface area contributed by atoms with Crippen molar-refractivity contribution < 1.29 is 22.7 Å². The molecule has 8 heteroatoms. The van der Waals surface area contributed by atoms with Gasteiger partial charge in [-0.2, -0.15) is 13.2 Å². The van der Waals surface area contributed by atoms with Crippen molar-refractivity contribution in [2.24, 2.45) is 5.41 Å². The van der Waals surface area contributed by atoms with Gasteiger partial charge in [0.25, 0.3) is 0 Å². The number of amides is 1. The minimum absolute atomic E-state index is 0.0230. The molecule has 0 unspecified atom stereocenters. The van der Waals surface area contributed by atoms with Crippen LogP contribution >= 0.6 is 0 Å². The average molecular weight is 323 g/mol. The summed E-state index contributed by atoms with van der Waals surface area (Å²) in [6.07, 6.45) is -5.35. The quantitative estimate of drug-likeness (QED) is 0.692. The maximum Gasteiger partial charge on any atom is 0.433 e. The van der Waals surface area contributed by atoms with Gasteiger partial charge in [-0.1, -0.05) is 20.8 Å². The summed E-state index contributed by atoms with van der Waals surface area (Å²) >= 11 is 0. The van der Waals surface area contributed by atoms with E-state index in [1.165, 1.54) is 0 Å². The van der Waals surface area contributed by atoms with E-state index >= 15 is 0 Å². The summed E-state index contributed by atoms with van der Waals surface area (Å²) in [5.41, 5.74) is -3.13. The molecule has 0 heterocycles. The van der Waals surface area contributed by atoms with Gasteiger partial charge in [-0.15, -0.1) is 0 Å². The summed E-state index contributed by atoms with van der Waals surface area (Å²) in [6.45, 7) is 10.1. The first-order valence-corrected chi connectivity index (χ1v) is 6.71. The van der Waals surface area contributed by atoms with E-state index in [0.717, 1.165) is 0 Å². The lowest BCUT2D eigenvalue weighted by atomic mass is 9.97. The summed E-state index contributed by atoms with van der Waals surface area (Å²) in [7, 11) is 0. The number of alkyl halides is 3. The van der Waals surface area contributed by atoms with Crippen molar-refractivity contribution in [3.63, 3.8) is 0 Å². The Labute approximate surface area is 128 Å². The molecule has 0 aliphatic rings. The van der Waals surface area contributed by atoms with Crippen LogP contribution in [-0.2, 0) is 4.74 Å². The zero-order valence-corrected chi connectivity index (χ0v) is 13.7. The van der Waals surface area contributed by atoms with Crippen LogP contribution in [0.4, 0.5) is 18.0 Å². The van der Waals surface area contributed by atoms with Gasteiger partial charge in [0.2, 0.25) is 0 Å². The number of carbonyl (C=O) groups excluding carboxylic acids is 1. The maximum atomic E-state index is 13.1. The van der Waals surface area contributed by atoms with E-state index in [9.17, 15) is 18.0 Å². The van der Waals surface area contributed by atoms with Crippen molar-refractivity contribution in [3.05, 3.63) is 11.4 Å². The van der Waals surface area contributed by atoms with E-state index in [1.807, 2.05) is 5.32 Å². The van der Waals surface area contributed by atoms with E-state index in [2.05, 4.69) is 5.32 Å². The molecular formula is C14H24F3N3O2. The standard InChI is InChI=1S/C14H24F3N3O2/c1-12(2,3)8-19-10(14(15,16)17)9(7-18)20-11(21)22-13(4,5)6/h7,18-19H,8H2,1-6H3,(H,20,21)/b10-9+,18-7?. The highest BCUT2D eigenvalue weighted by atomic mass is 19.4. The van der Waals surface area contributed by atoms with Gasteiger partial charge in [0, 0.05) is 12.8 Å². The lowest BCUT2D eigenvalue weighted by molar-refractivity contribution is -0.0980. The molecule has 0 aliphatic heterocycles. The molecule has 0 fully saturated rings. The molecule has 22 heavy (non-hydrogen) atoms. The Morgan fingerprint density at radius 2 is 1.64 bits per heavy atom. The molecule has 0 aromatic heterocycles. The highest BCUT2D eigenvalue weighted by Gasteiger charge is 2.37. The number of halogens is 3. The first kappa shape index (κ1) is 20.3. The summed E-state index contributed by atoms with van der Waals surface area (Å²) in [6, 6.07) is 0. The molecular weight excluding hydrogens is 299 g/mol. The lowest BCUT2D eigenvalue weighted by Gasteiger charge is -2.24. The van der Waals surface area contributed by atoms with Gasteiger partial charge in [0.15, 0.2) is 0 Å². The van der Waals surface area contributed by atoms with Gasteiger partial charge in [0.05, 0.1) is 5.70 Å². The van der Waals surface area contributed by atoms with Gasteiger partial charge in [-0.05, 0) is 26.2 Å². The van der Waals surface area contributed by atoms with E-state index in [1.54, 1.807) is 41.5 Å². The summed E-state index contributed by atoms with van der Waals surface area (Å²) in [4.78, 5) is 11.6. The Hall–Kier alpha value is -1.73. The fourth-order valence-corrected chi connectivity index (χ4v) is 1.29. The van der Waals surface area contributed by atoms with E-state index in [-0.39, 0.29) is 6.54 Å². The van der Waals surface area contributed by atoms with Crippen molar-refractivity contribution >= 4 is 12.3 Å². The average Bonchev–Trinajstić information content (AvgIpc) is 2.21. The molecule has 3 N–H and O–H groups in total. The van der Waals surface area contributed by atoms with E-state index in [0.29, 0.717) is 6.21 Å². The summed E-state index contributed by atoms with van der Waals surface area (Å²) in [5, 5.41) is 11.3. The van der Waals surface area contributed by atoms with Crippen molar-refractivity contribution in [1.29, 1.82) is 5.41 Å². The molecule has 0 atom stereocenters. The van der Waals surface area contributed by atoms with Crippen LogP contribution in [0.3, 0.4) is 0 Å². The molecule has 0 spiro atoms. The minimum atomic E-state index is -4.73. The Morgan fingerprint density at radius 1 is 1.14 bits per heavy atom. The molecule has 0 rings (SSSR count). The number of nitrogens with one attached hydrogen (secondary N) is 3. The third-order valence-corrected chi connectivity index (χ3v) is 2.13. The number of carbonyl (C=O) groups is 1. The van der Waals surface area contributed by atoms with Crippen LogP contribution in [-0.4, -0.2) is 30.6 Å². The largest absolute Gasteiger partial charge is 0.444 e. The van der Waals surface area contributed by atoms with Gasteiger partial charge in [-0.3, -0.25) is 5.32 Å². The minimum Gasteiger partial charge on any atom is -0.444 e. The third kappa shape index (κ3) is 8.53. The maximum absolute atomic E-state index is 13.1. The molecule has 0 aromatic rings. The van der Waals surface area contributed by atoms with Crippen LogP contribution in [0, 0.1) is 10.8 Å².